The lowest BCUT2D eigenvalue weighted by Gasteiger charge is -2.25. The number of nitrogens with two attached hydrogens (primary N) is 1. The summed E-state index contributed by atoms with van der Waals surface area (Å²) in [6, 6.07) is 13.6. The van der Waals surface area contributed by atoms with Gasteiger partial charge in [0.05, 0.1) is 17.3 Å². The number of aromatic nitrogens is 3. The molecule has 0 aliphatic carbocycles. The van der Waals surface area contributed by atoms with Crippen LogP contribution in [0.15, 0.2) is 60.9 Å². The summed E-state index contributed by atoms with van der Waals surface area (Å²) in [4.78, 5) is 31.7. The second-order valence-corrected chi connectivity index (χ2v) is 8.58. The van der Waals surface area contributed by atoms with Crippen LogP contribution in [0.4, 0.5) is 0 Å². The van der Waals surface area contributed by atoms with Gasteiger partial charge in [0, 0.05) is 18.9 Å². The van der Waals surface area contributed by atoms with Crippen molar-refractivity contribution in [3.05, 3.63) is 77.7 Å². The van der Waals surface area contributed by atoms with Crippen molar-refractivity contribution in [1.29, 1.82) is 0 Å². The van der Waals surface area contributed by atoms with Crippen molar-refractivity contribution in [2.45, 2.75) is 44.4 Å². The van der Waals surface area contributed by atoms with Gasteiger partial charge in [-0.3, -0.25) is 14.5 Å². The quantitative estimate of drug-likeness (QED) is 0.442. The molecule has 1 fully saturated rings. The Morgan fingerprint density at radius 1 is 1.06 bits per heavy atom. The summed E-state index contributed by atoms with van der Waals surface area (Å²) in [5.41, 5.74) is 7.38. The van der Waals surface area contributed by atoms with Gasteiger partial charge in [0.2, 0.25) is 5.91 Å². The zero-order chi connectivity index (χ0) is 23.9. The van der Waals surface area contributed by atoms with Crippen molar-refractivity contribution in [2.24, 2.45) is 5.73 Å². The van der Waals surface area contributed by atoms with E-state index in [2.05, 4.69) is 20.3 Å². The van der Waals surface area contributed by atoms with Crippen LogP contribution in [0.1, 0.15) is 40.9 Å². The lowest BCUT2D eigenvalue weighted by atomic mass is 10.0. The van der Waals surface area contributed by atoms with Gasteiger partial charge in [-0.15, -0.1) is 0 Å². The number of likely N-dealkylation sites (tertiary alicyclic amines) is 1. The molecular weight excluding hydrogens is 432 g/mol. The Kier molecular flexibility index (Phi) is 7.66. The maximum absolute atomic E-state index is 13.2. The first-order valence-electron chi connectivity index (χ1n) is 11.6. The summed E-state index contributed by atoms with van der Waals surface area (Å²) in [6.45, 7) is 2.88. The normalized spacial score (nSPS) is 16.0. The van der Waals surface area contributed by atoms with E-state index in [0.717, 1.165) is 30.9 Å². The van der Waals surface area contributed by atoms with Crippen molar-refractivity contribution in [1.82, 2.24) is 25.0 Å². The van der Waals surface area contributed by atoms with E-state index in [0.29, 0.717) is 5.82 Å². The van der Waals surface area contributed by atoms with Crippen LogP contribution in [0, 0.1) is 0 Å². The monoisotopic (exact) mass is 462 g/mol. The maximum Gasteiger partial charge on any atom is 0.255 e. The number of amides is 2. The molecule has 3 heterocycles. The van der Waals surface area contributed by atoms with Crippen LogP contribution in [-0.4, -0.2) is 61.8 Å². The number of benzene rings is 1. The van der Waals surface area contributed by atoms with Gasteiger partial charge in [-0.2, -0.15) is 5.10 Å². The summed E-state index contributed by atoms with van der Waals surface area (Å²) in [5, 5.41) is 17.8. The molecule has 1 aliphatic heterocycles. The van der Waals surface area contributed by atoms with Gasteiger partial charge in [-0.1, -0.05) is 36.8 Å². The van der Waals surface area contributed by atoms with Crippen LogP contribution in [0.5, 0.6) is 0 Å². The molecule has 0 bridgehead atoms. The maximum atomic E-state index is 13.2. The van der Waals surface area contributed by atoms with Gasteiger partial charge < -0.3 is 16.2 Å². The van der Waals surface area contributed by atoms with E-state index < -0.39 is 24.0 Å². The average Bonchev–Trinajstić information content (AvgIpc) is 3.32. The molecule has 2 atom stereocenters. The van der Waals surface area contributed by atoms with Crippen LogP contribution in [-0.2, 0) is 17.8 Å². The van der Waals surface area contributed by atoms with Crippen LogP contribution >= 0.6 is 0 Å². The summed E-state index contributed by atoms with van der Waals surface area (Å²) in [5.74, 6) is -1.00. The van der Waals surface area contributed by atoms with Gasteiger partial charge in [-0.25, -0.2) is 9.67 Å². The number of nitrogens with one attached hydrogen (secondary N) is 1. The number of aliphatic hydroxyl groups excluding tert-OH is 1. The third-order valence-corrected chi connectivity index (χ3v) is 6.01. The summed E-state index contributed by atoms with van der Waals surface area (Å²) in [7, 11) is 0. The molecule has 34 heavy (non-hydrogen) atoms. The Morgan fingerprint density at radius 2 is 1.82 bits per heavy atom. The number of nitrogens with zero attached hydrogens (tertiary/aromatic N) is 4. The highest BCUT2D eigenvalue weighted by Crippen LogP contribution is 2.16. The number of carbonyl (C=O) groups is 2. The highest BCUT2D eigenvalue weighted by Gasteiger charge is 2.28. The number of hydrogen-bond donors (Lipinski definition) is 3. The summed E-state index contributed by atoms with van der Waals surface area (Å²) < 4.78 is 1.59. The molecule has 0 radical (unpaired) electrons. The van der Waals surface area contributed by atoms with Crippen molar-refractivity contribution < 1.29 is 14.7 Å². The molecular formula is C25H30N6O3. The summed E-state index contributed by atoms with van der Waals surface area (Å²) in [6.07, 6.45) is 5.76. The highest BCUT2D eigenvalue weighted by atomic mass is 16.3. The Labute approximate surface area is 198 Å². The predicted octanol–water partition coefficient (Wildman–Crippen LogP) is 1.44. The molecule has 9 nitrogen and oxygen atoms in total. The molecule has 1 aromatic carbocycles. The number of pyridine rings is 1. The molecule has 3 aromatic rings. The molecule has 0 unspecified atom stereocenters. The molecule has 178 valence electrons. The Bertz CT molecular complexity index is 1110. The number of primary amides is 1. The Balaban J connectivity index is 1.52. The number of aliphatic hydroxyl groups is 1. The molecule has 4 rings (SSSR count). The van der Waals surface area contributed by atoms with E-state index in [9.17, 15) is 14.7 Å². The molecule has 2 amide bonds. The van der Waals surface area contributed by atoms with E-state index in [1.807, 2.05) is 36.4 Å². The van der Waals surface area contributed by atoms with Crippen LogP contribution < -0.4 is 11.1 Å². The fourth-order valence-electron chi connectivity index (χ4n) is 4.22. The van der Waals surface area contributed by atoms with E-state index >= 15 is 0 Å². The topological polar surface area (TPSA) is 126 Å². The van der Waals surface area contributed by atoms with Crippen molar-refractivity contribution in [3.8, 4) is 5.82 Å². The second kappa shape index (κ2) is 11.0. The van der Waals surface area contributed by atoms with Gasteiger partial charge in [0.25, 0.3) is 5.91 Å². The second-order valence-electron chi connectivity index (χ2n) is 8.58. The molecule has 9 heteroatoms. The zero-order valence-electron chi connectivity index (χ0n) is 19.0. The van der Waals surface area contributed by atoms with E-state index in [1.54, 1.807) is 29.2 Å². The Morgan fingerprint density at radius 3 is 2.56 bits per heavy atom. The first kappa shape index (κ1) is 23.6. The van der Waals surface area contributed by atoms with Crippen LogP contribution in [0.25, 0.3) is 5.82 Å². The fourth-order valence-corrected chi connectivity index (χ4v) is 4.22. The standard InChI is InChI=1S/C25H30N6O3/c26-23(33)22(32)21(16-18-8-3-1-4-9-18)28-25(34)20-10-7-12-27-24(20)31-15-11-19(29-31)17-30-13-5-2-6-14-30/h1,3-4,7-12,15,21-22,32H,2,5-6,13-14,16-17H2,(H2,26,33)(H,28,34)/t21-,22+/m1/s1. The van der Waals surface area contributed by atoms with Crippen molar-refractivity contribution >= 4 is 11.8 Å². The van der Waals surface area contributed by atoms with E-state index in [-0.39, 0.29) is 12.0 Å². The minimum absolute atomic E-state index is 0.244. The minimum Gasteiger partial charge on any atom is -0.381 e. The number of piperidine rings is 1. The smallest absolute Gasteiger partial charge is 0.255 e. The molecule has 4 N–H and O–H groups in total. The highest BCUT2D eigenvalue weighted by molar-refractivity contribution is 5.97. The molecule has 1 saturated heterocycles. The predicted molar refractivity (Wildman–Crippen MR) is 127 cm³/mol. The number of carbonyl (C=O) groups excluding carboxylic acids is 2. The van der Waals surface area contributed by atoms with Gasteiger partial charge >= 0.3 is 0 Å². The minimum atomic E-state index is -1.54. The zero-order valence-corrected chi connectivity index (χ0v) is 19.0. The Hall–Kier alpha value is -3.56. The lowest BCUT2D eigenvalue weighted by molar-refractivity contribution is -0.127. The van der Waals surface area contributed by atoms with Gasteiger partial charge in [0.1, 0.15) is 0 Å². The van der Waals surface area contributed by atoms with Crippen molar-refractivity contribution in [2.75, 3.05) is 13.1 Å². The van der Waals surface area contributed by atoms with Gasteiger partial charge in [0.15, 0.2) is 11.9 Å². The SMILES string of the molecule is NC(=O)[C@@H](O)[C@@H](Cc1ccccc1)NC(=O)c1cccnc1-n1ccc(CN2CCCCC2)n1. The first-order chi connectivity index (χ1) is 16.5. The molecule has 2 aromatic heterocycles. The fraction of sp³-hybridized carbons (Fsp3) is 0.360. The summed E-state index contributed by atoms with van der Waals surface area (Å²) >= 11 is 0. The first-order valence-corrected chi connectivity index (χ1v) is 11.6. The molecule has 0 spiro atoms. The van der Waals surface area contributed by atoms with Crippen LogP contribution in [0.2, 0.25) is 0 Å². The molecule has 0 saturated carbocycles. The third-order valence-electron chi connectivity index (χ3n) is 6.01. The van der Waals surface area contributed by atoms with Crippen LogP contribution in [0.3, 0.4) is 0 Å². The molecule has 1 aliphatic rings. The van der Waals surface area contributed by atoms with Crippen molar-refractivity contribution in [3.63, 3.8) is 0 Å². The lowest BCUT2D eigenvalue weighted by Crippen LogP contribution is -2.50. The van der Waals surface area contributed by atoms with E-state index in [4.69, 9.17) is 5.73 Å². The number of hydrogen-bond acceptors (Lipinski definition) is 6. The third kappa shape index (κ3) is 5.86. The average molecular weight is 463 g/mol. The number of rotatable bonds is 9. The van der Waals surface area contributed by atoms with Gasteiger partial charge in [-0.05, 0) is 56.1 Å². The van der Waals surface area contributed by atoms with E-state index in [1.165, 1.54) is 19.3 Å². The largest absolute Gasteiger partial charge is 0.381 e.